The van der Waals surface area contributed by atoms with Gasteiger partial charge in [0, 0.05) is 37.8 Å². The van der Waals surface area contributed by atoms with Gasteiger partial charge in [-0.2, -0.15) is 5.10 Å². The number of rotatable bonds is 3. The Labute approximate surface area is 155 Å². The van der Waals surface area contributed by atoms with Gasteiger partial charge in [-0.05, 0) is 51.3 Å². The van der Waals surface area contributed by atoms with Crippen molar-refractivity contribution in [2.45, 2.75) is 39.7 Å². The minimum Gasteiger partial charge on any atom is -0.345 e. The van der Waals surface area contributed by atoms with Crippen LogP contribution in [0.3, 0.4) is 0 Å². The van der Waals surface area contributed by atoms with Crippen molar-refractivity contribution in [2.75, 3.05) is 26.7 Å². The van der Waals surface area contributed by atoms with Crippen LogP contribution in [0, 0.1) is 19.3 Å². The molecule has 2 aliphatic heterocycles. The predicted octanol–water partition coefficient (Wildman–Crippen LogP) is 3.14. The Bertz CT molecular complexity index is 827. The van der Waals surface area contributed by atoms with Crippen molar-refractivity contribution in [3.63, 3.8) is 0 Å². The van der Waals surface area contributed by atoms with Crippen LogP contribution in [0.5, 0.6) is 0 Å². The van der Waals surface area contributed by atoms with Crippen molar-refractivity contribution in [1.82, 2.24) is 20.0 Å². The number of hydrogen-bond acceptors (Lipinski definition) is 3. The number of hydrogen-bond donors (Lipinski definition) is 1. The van der Waals surface area contributed by atoms with Crippen LogP contribution < -0.4 is 0 Å². The van der Waals surface area contributed by atoms with Crippen molar-refractivity contribution in [2.24, 2.45) is 5.41 Å². The summed E-state index contributed by atoms with van der Waals surface area (Å²) in [6.45, 7) is 7.86. The fraction of sp³-hybridized carbons (Fsp3) is 0.524. The van der Waals surface area contributed by atoms with Crippen molar-refractivity contribution in [1.29, 1.82) is 0 Å². The number of benzene rings is 1. The van der Waals surface area contributed by atoms with Crippen LogP contribution in [-0.4, -0.2) is 52.6 Å². The van der Waals surface area contributed by atoms with Gasteiger partial charge >= 0.3 is 0 Å². The number of likely N-dealkylation sites (tertiary alicyclic amines) is 2. The van der Waals surface area contributed by atoms with Gasteiger partial charge in [-0.1, -0.05) is 17.7 Å². The summed E-state index contributed by atoms with van der Waals surface area (Å²) in [4.78, 5) is 17.1. The number of nitrogens with one attached hydrogen (secondary N) is 1. The van der Waals surface area contributed by atoms with E-state index >= 15 is 0 Å². The van der Waals surface area contributed by atoms with Crippen LogP contribution >= 0.6 is 0 Å². The summed E-state index contributed by atoms with van der Waals surface area (Å²) in [6.07, 6.45) is 5.07. The topological polar surface area (TPSA) is 52.2 Å². The number of H-pyrrole nitrogens is 1. The van der Waals surface area contributed by atoms with E-state index in [-0.39, 0.29) is 5.41 Å². The predicted molar refractivity (Wildman–Crippen MR) is 103 cm³/mol. The first-order valence-electron chi connectivity index (χ1n) is 9.56. The number of aromatic nitrogens is 2. The molecule has 0 unspecified atom stereocenters. The number of carbonyl (C=O) groups is 1. The Hall–Kier alpha value is -2.14. The third kappa shape index (κ3) is 2.94. The smallest absolute Gasteiger partial charge is 0.229 e. The minimum absolute atomic E-state index is 0.157. The van der Waals surface area contributed by atoms with Gasteiger partial charge in [0.25, 0.3) is 0 Å². The SMILES string of the molecule is Cc1ccc(C)c(-c2[nH]ncc2CN2CC[C@@]3(CCCN(C)C3=O)C2)c1. The lowest BCUT2D eigenvalue weighted by atomic mass is 9.78. The van der Waals surface area contributed by atoms with Crippen molar-refractivity contribution in [3.05, 3.63) is 41.1 Å². The summed E-state index contributed by atoms with van der Waals surface area (Å²) in [5.74, 6) is 0.341. The summed E-state index contributed by atoms with van der Waals surface area (Å²) in [7, 11) is 1.95. The zero-order valence-corrected chi connectivity index (χ0v) is 16.0. The van der Waals surface area contributed by atoms with Crippen LogP contribution in [0.15, 0.2) is 24.4 Å². The second-order valence-corrected chi connectivity index (χ2v) is 8.16. The molecule has 1 aromatic carbocycles. The molecule has 138 valence electrons. The minimum atomic E-state index is -0.157. The molecular formula is C21H28N4O. The van der Waals surface area contributed by atoms with Crippen LogP contribution in [0.4, 0.5) is 0 Å². The molecule has 1 spiro atoms. The molecule has 1 atom stereocenters. The molecule has 3 heterocycles. The molecule has 5 heteroatoms. The lowest BCUT2D eigenvalue weighted by molar-refractivity contribution is -0.143. The second-order valence-electron chi connectivity index (χ2n) is 8.16. The molecular weight excluding hydrogens is 324 g/mol. The van der Waals surface area contributed by atoms with E-state index in [9.17, 15) is 4.79 Å². The number of nitrogens with zero attached hydrogens (tertiary/aromatic N) is 3. The molecule has 0 aliphatic carbocycles. The first-order chi connectivity index (χ1) is 12.5. The van der Waals surface area contributed by atoms with E-state index in [4.69, 9.17) is 0 Å². The van der Waals surface area contributed by atoms with Crippen LogP contribution in [0.1, 0.15) is 36.0 Å². The largest absolute Gasteiger partial charge is 0.345 e. The highest BCUT2D eigenvalue weighted by Crippen LogP contribution is 2.40. The molecule has 1 N–H and O–H groups in total. The molecule has 4 rings (SSSR count). The third-order valence-electron chi connectivity index (χ3n) is 6.16. The molecule has 2 aromatic rings. The maximum atomic E-state index is 12.7. The quantitative estimate of drug-likeness (QED) is 0.923. The Kier molecular flexibility index (Phi) is 4.35. The number of piperidine rings is 1. The lowest BCUT2D eigenvalue weighted by Crippen LogP contribution is -2.48. The molecule has 26 heavy (non-hydrogen) atoms. The fourth-order valence-electron chi connectivity index (χ4n) is 4.65. The molecule has 2 saturated heterocycles. The van der Waals surface area contributed by atoms with Crippen LogP contribution in [0.2, 0.25) is 0 Å². The number of carbonyl (C=O) groups excluding carboxylic acids is 1. The van der Waals surface area contributed by atoms with Gasteiger partial charge in [0.2, 0.25) is 5.91 Å². The summed E-state index contributed by atoms with van der Waals surface area (Å²) in [6, 6.07) is 6.53. The van der Waals surface area contributed by atoms with Crippen molar-refractivity contribution in [3.8, 4) is 11.3 Å². The van der Waals surface area contributed by atoms with E-state index in [1.807, 2.05) is 18.1 Å². The molecule has 2 aliphatic rings. The Balaban J connectivity index is 1.54. The highest BCUT2D eigenvalue weighted by molar-refractivity contribution is 5.84. The number of aryl methyl sites for hydroxylation is 2. The first kappa shape index (κ1) is 17.3. The molecule has 0 bridgehead atoms. The molecule has 0 saturated carbocycles. The molecule has 1 aromatic heterocycles. The lowest BCUT2D eigenvalue weighted by Gasteiger charge is -2.37. The van der Waals surface area contributed by atoms with Gasteiger partial charge in [-0.3, -0.25) is 14.8 Å². The number of amides is 1. The van der Waals surface area contributed by atoms with Gasteiger partial charge in [0.05, 0.1) is 17.3 Å². The average Bonchev–Trinajstić information content (AvgIpc) is 3.23. The van der Waals surface area contributed by atoms with Crippen LogP contribution in [0.25, 0.3) is 11.3 Å². The van der Waals surface area contributed by atoms with Gasteiger partial charge in [0.1, 0.15) is 0 Å². The Morgan fingerprint density at radius 1 is 1.23 bits per heavy atom. The fourth-order valence-corrected chi connectivity index (χ4v) is 4.65. The van der Waals surface area contributed by atoms with E-state index < -0.39 is 0 Å². The standard InChI is InChI=1S/C21H28N4O/c1-15-5-6-16(2)18(11-15)19-17(12-22-23-19)13-25-10-8-21(14-25)7-4-9-24(3)20(21)26/h5-6,11-12H,4,7-10,13-14H2,1-3H3,(H,22,23)/t21-/m0/s1. The highest BCUT2D eigenvalue weighted by Gasteiger charge is 2.47. The highest BCUT2D eigenvalue weighted by atomic mass is 16.2. The molecule has 1 amide bonds. The van der Waals surface area contributed by atoms with Gasteiger partial charge in [0.15, 0.2) is 0 Å². The van der Waals surface area contributed by atoms with Gasteiger partial charge < -0.3 is 4.90 Å². The zero-order valence-electron chi connectivity index (χ0n) is 16.0. The van der Waals surface area contributed by atoms with Gasteiger partial charge in [-0.15, -0.1) is 0 Å². The Morgan fingerprint density at radius 3 is 2.92 bits per heavy atom. The zero-order chi connectivity index (χ0) is 18.3. The van der Waals surface area contributed by atoms with Crippen molar-refractivity contribution < 1.29 is 4.79 Å². The first-order valence-corrected chi connectivity index (χ1v) is 9.56. The molecule has 0 radical (unpaired) electrons. The van der Waals surface area contributed by atoms with Gasteiger partial charge in [-0.25, -0.2) is 0 Å². The van der Waals surface area contributed by atoms with Crippen LogP contribution in [-0.2, 0) is 11.3 Å². The maximum Gasteiger partial charge on any atom is 0.229 e. The van der Waals surface area contributed by atoms with E-state index in [0.29, 0.717) is 5.91 Å². The van der Waals surface area contributed by atoms with E-state index in [1.54, 1.807) is 0 Å². The molecule has 2 fully saturated rings. The van der Waals surface area contributed by atoms with E-state index in [2.05, 4.69) is 47.1 Å². The average molecular weight is 352 g/mol. The second kappa shape index (κ2) is 6.54. The summed E-state index contributed by atoms with van der Waals surface area (Å²) in [5.41, 5.74) is 5.90. The Morgan fingerprint density at radius 2 is 2.08 bits per heavy atom. The summed E-state index contributed by atoms with van der Waals surface area (Å²) in [5, 5.41) is 7.51. The normalized spacial score (nSPS) is 24.0. The maximum absolute atomic E-state index is 12.7. The summed E-state index contributed by atoms with van der Waals surface area (Å²) >= 11 is 0. The molecule has 5 nitrogen and oxygen atoms in total. The monoisotopic (exact) mass is 352 g/mol. The van der Waals surface area contributed by atoms with E-state index in [1.165, 1.54) is 22.3 Å². The number of aromatic amines is 1. The summed E-state index contributed by atoms with van der Waals surface area (Å²) < 4.78 is 0. The van der Waals surface area contributed by atoms with E-state index in [0.717, 1.165) is 51.1 Å². The van der Waals surface area contributed by atoms with Crippen molar-refractivity contribution >= 4 is 5.91 Å². The third-order valence-corrected chi connectivity index (χ3v) is 6.16.